The van der Waals surface area contributed by atoms with Crippen molar-refractivity contribution in [1.82, 2.24) is 14.8 Å². The fourth-order valence-electron chi connectivity index (χ4n) is 3.38. The van der Waals surface area contributed by atoms with E-state index in [9.17, 15) is 0 Å². The molecule has 0 radical (unpaired) electrons. The van der Waals surface area contributed by atoms with Gasteiger partial charge in [0.05, 0.1) is 10.7 Å². The van der Waals surface area contributed by atoms with E-state index in [1.165, 1.54) is 0 Å². The molecule has 0 spiro atoms. The average Bonchev–Trinajstić information content (AvgIpc) is 3.15. The number of thiazole rings is 1. The van der Waals surface area contributed by atoms with Crippen LogP contribution in [0.5, 0.6) is 0 Å². The largest absolute Gasteiger partial charge is 0.296 e. The molecule has 7 heteroatoms. The van der Waals surface area contributed by atoms with Crippen molar-refractivity contribution in [3.8, 4) is 10.6 Å². The molecule has 0 N–H and O–H groups in total. The van der Waals surface area contributed by atoms with Crippen LogP contribution in [0.25, 0.3) is 10.6 Å². The molecule has 28 heavy (non-hydrogen) atoms. The van der Waals surface area contributed by atoms with Crippen LogP contribution in [0, 0.1) is 0 Å². The second-order valence-electron chi connectivity index (χ2n) is 6.88. The number of aromatic nitrogens is 1. The van der Waals surface area contributed by atoms with Crippen LogP contribution in [-0.4, -0.2) is 41.0 Å². The van der Waals surface area contributed by atoms with E-state index in [2.05, 4.69) is 15.2 Å². The van der Waals surface area contributed by atoms with E-state index in [1.807, 2.05) is 42.5 Å². The molecule has 0 unspecified atom stereocenters. The summed E-state index contributed by atoms with van der Waals surface area (Å²) in [7, 11) is 0. The van der Waals surface area contributed by atoms with Crippen LogP contribution < -0.4 is 0 Å². The molecule has 1 aromatic heterocycles. The first-order valence-electron chi connectivity index (χ1n) is 9.17. The van der Waals surface area contributed by atoms with E-state index < -0.39 is 0 Å². The molecule has 4 rings (SSSR count). The van der Waals surface area contributed by atoms with Crippen molar-refractivity contribution in [2.24, 2.45) is 0 Å². The zero-order chi connectivity index (χ0) is 19.5. The minimum Gasteiger partial charge on any atom is -0.296 e. The highest BCUT2D eigenvalue weighted by Gasteiger charge is 2.20. The van der Waals surface area contributed by atoms with Crippen molar-refractivity contribution in [2.45, 2.75) is 13.1 Å². The molecule has 2 aromatic carbocycles. The normalized spacial score (nSPS) is 15.8. The Morgan fingerprint density at radius 1 is 0.786 bits per heavy atom. The summed E-state index contributed by atoms with van der Waals surface area (Å²) in [4.78, 5) is 9.63. The van der Waals surface area contributed by atoms with E-state index in [0.717, 1.165) is 76.2 Å². The second kappa shape index (κ2) is 9.12. The van der Waals surface area contributed by atoms with Crippen LogP contribution in [0.15, 0.2) is 47.8 Å². The molecular formula is C21H20Cl3N3S. The first kappa shape index (κ1) is 20.1. The fraction of sp³-hybridized carbons (Fsp3) is 0.286. The zero-order valence-corrected chi connectivity index (χ0v) is 18.3. The Balaban J connectivity index is 1.33. The molecule has 3 nitrogen and oxygen atoms in total. The number of benzene rings is 2. The smallest absolute Gasteiger partial charge is 0.125 e. The van der Waals surface area contributed by atoms with Gasteiger partial charge in [0.25, 0.3) is 0 Å². The number of rotatable bonds is 5. The Kier molecular flexibility index (Phi) is 6.56. The quantitative estimate of drug-likeness (QED) is 0.467. The summed E-state index contributed by atoms with van der Waals surface area (Å²) in [5.41, 5.74) is 3.12. The zero-order valence-electron chi connectivity index (χ0n) is 15.2. The van der Waals surface area contributed by atoms with E-state index >= 15 is 0 Å². The van der Waals surface area contributed by atoms with E-state index in [-0.39, 0.29) is 0 Å². The van der Waals surface area contributed by atoms with Crippen molar-refractivity contribution >= 4 is 46.1 Å². The van der Waals surface area contributed by atoms with Crippen molar-refractivity contribution in [3.05, 3.63) is 74.2 Å². The molecule has 1 aliphatic rings. The SMILES string of the molecule is Clc1ccccc1-c1nc(CN2CCN(Cc3c(Cl)cccc3Cl)CC2)cs1. The number of nitrogens with zero attached hydrogens (tertiary/aromatic N) is 3. The van der Waals surface area contributed by atoms with Gasteiger partial charge in [0.2, 0.25) is 0 Å². The third-order valence-electron chi connectivity index (χ3n) is 4.95. The Bertz CT molecular complexity index is 931. The predicted octanol–water partition coefficient (Wildman–Crippen LogP) is 6.09. The minimum atomic E-state index is 0.740. The highest BCUT2D eigenvalue weighted by atomic mass is 35.5. The maximum atomic E-state index is 6.31. The van der Waals surface area contributed by atoms with Crippen LogP contribution in [0.2, 0.25) is 15.1 Å². The molecule has 2 heterocycles. The summed E-state index contributed by atoms with van der Waals surface area (Å²) in [6.45, 7) is 5.63. The van der Waals surface area contributed by atoms with Crippen molar-refractivity contribution < 1.29 is 0 Å². The van der Waals surface area contributed by atoms with Gasteiger partial charge in [-0.15, -0.1) is 11.3 Å². The van der Waals surface area contributed by atoms with Crippen molar-refractivity contribution in [1.29, 1.82) is 0 Å². The van der Waals surface area contributed by atoms with Gasteiger partial charge in [0.1, 0.15) is 5.01 Å². The van der Waals surface area contributed by atoms with Gasteiger partial charge in [-0.3, -0.25) is 9.80 Å². The molecule has 1 aliphatic heterocycles. The lowest BCUT2D eigenvalue weighted by Crippen LogP contribution is -2.45. The molecular weight excluding hydrogens is 433 g/mol. The Morgan fingerprint density at radius 3 is 2.07 bits per heavy atom. The van der Waals surface area contributed by atoms with Gasteiger partial charge in [-0.1, -0.05) is 59.1 Å². The van der Waals surface area contributed by atoms with E-state index in [1.54, 1.807) is 11.3 Å². The topological polar surface area (TPSA) is 19.4 Å². The van der Waals surface area contributed by atoms with Gasteiger partial charge in [-0.2, -0.15) is 0 Å². The lowest BCUT2D eigenvalue weighted by Gasteiger charge is -2.34. The second-order valence-corrected chi connectivity index (χ2v) is 8.96. The average molecular weight is 453 g/mol. The number of piperazine rings is 1. The van der Waals surface area contributed by atoms with E-state index in [4.69, 9.17) is 39.8 Å². The summed E-state index contributed by atoms with van der Waals surface area (Å²) < 4.78 is 0. The third kappa shape index (κ3) is 4.70. The highest BCUT2D eigenvalue weighted by molar-refractivity contribution is 7.13. The first-order chi connectivity index (χ1) is 13.6. The summed E-state index contributed by atoms with van der Waals surface area (Å²) in [6.07, 6.45) is 0. The molecule has 0 atom stereocenters. The molecule has 1 fully saturated rings. The summed E-state index contributed by atoms with van der Waals surface area (Å²) in [5.74, 6) is 0. The van der Waals surface area contributed by atoms with Crippen molar-refractivity contribution in [2.75, 3.05) is 26.2 Å². The summed E-state index contributed by atoms with van der Waals surface area (Å²) in [5, 5.41) is 5.34. The molecule has 0 amide bonds. The Morgan fingerprint density at radius 2 is 1.39 bits per heavy atom. The van der Waals surface area contributed by atoms with Gasteiger partial charge < -0.3 is 0 Å². The highest BCUT2D eigenvalue weighted by Crippen LogP contribution is 2.30. The standard InChI is InChI=1S/C21H20Cl3N3S/c22-18-5-2-1-4-16(18)21-25-15(14-28-21)12-26-8-10-27(11-9-26)13-17-19(23)6-3-7-20(17)24/h1-7,14H,8-13H2. The van der Waals surface area contributed by atoms with Crippen LogP contribution in [0.3, 0.4) is 0 Å². The molecule has 1 saturated heterocycles. The van der Waals surface area contributed by atoms with Crippen LogP contribution in [0.4, 0.5) is 0 Å². The summed E-state index contributed by atoms with van der Waals surface area (Å²) >= 11 is 20.6. The van der Waals surface area contributed by atoms with Gasteiger partial charge >= 0.3 is 0 Å². The fourth-order valence-corrected chi connectivity index (χ4v) is 5.03. The number of hydrogen-bond donors (Lipinski definition) is 0. The van der Waals surface area contributed by atoms with Gasteiger partial charge in [-0.25, -0.2) is 4.98 Å². The monoisotopic (exact) mass is 451 g/mol. The van der Waals surface area contributed by atoms with Crippen LogP contribution in [0.1, 0.15) is 11.3 Å². The molecule has 146 valence electrons. The minimum absolute atomic E-state index is 0.740. The van der Waals surface area contributed by atoms with Gasteiger partial charge in [-0.05, 0) is 18.2 Å². The predicted molar refractivity (Wildman–Crippen MR) is 120 cm³/mol. The van der Waals surface area contributed by atoms with Gasteiger partial charge in [0, 0.05) is 65.8 Å². The maximum absolute atomic E-state index is 6.31. The van der Waals surface area contributed by atoms with Crippen LogP contribution in [-0.2, 0) is 13.1 Å². The molecule has 0 saturated carbocycles. The number of hydrogen-bond acceptors (Lipinski definition) is 4. The Labute approximate surface area is 184 Å². The maximum Gasteiger partial charge on any atom is 0.125 e. The Hall–Kier alpha value is -1.14. The lowest BCUT2D eigenvalue weighted by molar-refractivity contribution is 0.121. The lowest BCUT2D eigenvalue weighted by atomic mass is 10.2. The molecule has 0 aliphatic carbocycles. The first-order valence-corrected chi connectivity index (χ1v) is 11.2. The van der Waals surface area contributed by atoms with Crippen LogP contribution >= 0.6 is 46.1 Å². The van der Waals surface area contributed by atoms with Crippen molar-refractivity contribution in [3.63, 3.8) is 0 Å². The molecule has 3 aromatic rings. The van der Waals surface area contributed by atoms with E-state index in [0.29, 0.717) is 0 Å². The summed E-state index contributed by atoms with van der Waals surface area (Å²) in [6, 6.07) is 13.5. The van der Waals surface area contributed by atoms with Gasteiger partial charge in [0.15, 0.2) is 0 Å². The number of halogens is 3. The molecule has 0 bridgehead atoms. The third-order valence-corrected chi connectivity index (χ3v) is 6.91.